The molecule has 1 nitrogen and oxygen atoms in total. The molecular formula is C15H28OS. The van der Waals surface area contributed by atoms with Crippen molar-refractivity contribution in [3.05, 3.63) is 0 Å². The van der Waals surface area contributed by atoms with Gasteiger partial charge in [-0.2, -0.15) is 11.8 Å². The van der Waals surface area contributed by atoms with Crippen molar-refractivity contribution in [1.82, 2.24) is 0 Å². The molecule has 0 amide bonds. The average Bonchev–Trinajstić information content (AvgIpc) is 2.33. The van der Waals surface area contributed by atoms with Crippen molar-refractivity contribution < 1.29 is 5.11 Å². The highest BCUT2D eigenvalue weighted by atomic mass is 32.2. The predicted octanol–water partition coefficient (Wildman–Crippen LogP) is 4.10. The largest absolute Gasteiger partial charge is 0.388 e. The molecule has 1 aliphatic carbocycles. The topological polar surface area (TPSA) is 20.2 Å². The fourth-order valence-corrected chi connectivity index (χ4v) is 5.42. The van der Waals surface area contributed by atoms with Crippen LogP contribution in [0.5, 0.6) is 0 Å². The second-order valence-corrected chi connectivity index (χ2v) is 7.84. The summed E-state index contributed by atoms with van der Waals surface area (Å²) >= 11 is 1.95. The number of hydrogen-bond donors (Lipinski definition) is 1. The third-order valence-corrected chi connectivity index (χ3v) is 6.60. The normalized spacial score (nSPS) is 42.4. The fraction of sp³-hybridized carbons (Fsp3) is 1.00. The lowest BCUT2D eigenvalue weighted by molar-refractivity contribution is -0.110. The third kappa shape index (κ3) is 2.53. The van der Waals surface area contributed by atoms with E-state index < -0.39 is 5.60 Å². The second-order valence-electron chi connectivity index (χ2n) is 6.74. The molecule has 2 aliphatic rings. The van der Waals surface area contributed by atoms with Crippen molar-refractivity contribution >= 4 is 11.8 Å². The van der Waals surface area contributed by atoms with Gasteiger partial charge in [0.2, 0.25) is 0 Å². The van der Waals surface area contributed by atoms with Gasteiger partial charge in [0, 0.05) is 5.75 Å². The molecule has 0 spiro atoms. The number of rotatable bonds is 2. The standard InChI is InChI=1S/C15H28OS/c1-4-12-5-7-13(8-6-12)15(16)11-17-10-9-14(15,2)3/h12-13,16H,4-11H2,1-3H3. The van der Waals surface area contributed by atoms with Gasteiger partial charge in [0.25, 0.3) is 0 Å². The van der Waals surface area contributed by atoms with Gasteiger partial charge in [-0.3, -0.25) is 0 Å². The number of aliphatic hydroxyl groups is 1. The summed E-state index contributed by atoms with van der Waals surface area (Å²) in [5, 5.41) is 11.2. The van der Waals surface area contributed by atoms with Gasteiger partial charge in [0.05, 0.1) is 5.60 Å². The zero-order valence-electron chi connectivity index (χ0n) is 11.7. The Labute approximate surface area is 111 Å². The van der Waals surface area contributed by atoms with Crippen LogP contribution in [0.3, 0.4) is 0 Å². The Morgan fingerprint density at radius 3 is 2.35 bits per heavy atom. The van der Waals surface area contributed by atoms with E-state index in [1.54, 1.807) is 0 Å². The van der Waals surface area contributed by atoms with Gasteiger partial charge in [-0.25, -0.2) is 0 Å². The van der Waals surface area contributed by atoms with Crippen molar-refractivity contribution in [3.63, 3.8) is 0 Å². The van der Waals surface area contributed by atoms with Crippen molar-refractivity contribution in [3.8, 4) is 0 Å². The van der Waals surface area contributed by atoms with Gasteiger partial charge in [0.1, 0.15) is 0 Å². The monoisotopic (exact) mass is 256 g/mol. The molecule has 1 saturated heterocycles. The maximum atomic E-state index is 11.2. The summed E-state index contributed by atoms with van der Waals surface area (Å²) in [7, 11) is 0. The van der Waals surface area contributed by atoms with Crippen LogP contribution in [0.25, 0.3) is 0 Å². The molecule has 0 aromatic carbocycles. The summed E-state index contributed by atoms with van der Waals surface area (Å²) in [4.78, 5) is 0. The molecule has 100 valence electrons. The molecule has 1 N–H and O–H groups in total. The van der Waals surface area contributed by atoms with E-state index in [1.165, 1.54) is 44.3 Å². The Kier molecular flexibility index (Phi) is 4.14. The maximum absolute atomic E-state index is 11.2. The molecule has 0 bridgehead atoms. The van der Waals surface area contributed by atoms with Crippen molar-refractivity contribution in [2.24, 2.45) is 17.3 Å². The van der Waals surface area contributed by atoms with Gasteiger partial charge >= 0.3 is 0 Å². The minimum absolute atomic E-state index is 0.113. The van der Waals surface area contributed by atoms with E-state index in [0.717, 1.165) is 11.7 Å². The zero-order chi connectivity index (χ0) is 12.5. The molecular weight excluding hydrogens is 228 g/mol. The molecule has 2 rings (SSSR count). The first kappa shape index (κ1) is 13.7. The molecule has 1 heterocycles. The molecule has 2 fully saturated rings. The highest BCUT2D eigenvalue weighted by Gasteiger charge is 2.50. The van der Waals surface area contributed by atoms with Crippen LogP contribution in [-0.2, 0) is 0 Å². The van der Waals surface area contributed by atoms with E-state index in [4.69, 9.17) is 0 Å². The summed E-state index contributed by atoms with van der Waals surface area (Å²) in [6, 6.07) is 0. The number of hydrogen-bond acceptors (Lipinski definition) is 2. The van der Waals surface area contributed by atoms with Gasteiger partial charge in [-0.15, -0.1) is 0 Å². The van der Waals surface area contributed by atoms with Crippen LogP contribution in [0.4, 0.5) is 0 Å². The van der Waals surface area contributed by atoms with Crippen LogP contribution in [0.2, 0.25) is 0 Å². The van der Waals surface area contributed by atoms with Crippen LogP contribution >= 0.6 is 11.8 Å². The van der Waals surface area contributed by atoms with Crippen LogP contribution in [-0.4, -0.2) is 22.2 Å². The van der Waals surface area contributed by atoms with Crippen molar-refractivity contribution in [2.75, 3.05) is 11.5 Å². The Bertz CT molecular complexity index is 256. The van der Waals surface area contributed by atoms with Gasteiger partial charge in [-0.1, -0.05) is 40.0 Å². The lowest BCUT2D eigenvalue weighted by atomic mass is 9.62. The van der Waals surface area contributed by atoms with E-state index in [0.29, 0.717) is 5.92 Å². The third-order valence-electron chi connectivity index (χ3n) is 5.46. The van der Waals surface area contributed by atoms with E-state index in [-0.39, 0.29) is 5.41 Å². The smallest absolute Gasteiger partial charge is 0.0816 e. The first-order valence-electron chi connectivity index (χ1n) is 7.30. The van der Waals surface area contributed by atoms with Gasteiger partial charge in [0.15, 0.2) is 0 Å². The highest BCUT2D eigenvalue weighted by molar-refractivity contribution is 7.99. The molecule has 1 aliphatic heterocycles. The molecule has 1 saturated carbocycles. The Morgan fingerprint density at radius 2 is 1.82 bits per heavy atom. The zero-order valence-corrected chi connectivity index (χ0v) is 12.5. The lowest BCUT2D eigenvalue weighted by Gasteiger charge is -2.52. The molecule has 17 heavy (non-hydrogen) atoms. The van der Waals surface area contributed by atoms with Crippen molar-refractivity contribution in [1.29, 1.82) is 0 Å². The Morgan fingerprint density at radius 1 is 1.18 bits per heavy atom. The summed E-state index contributed by atoms with van der Waals surface area (Å²) < 4.78 is 0. The Hall–Kier alpha value is 0.310. The quantitative estimate of drug-likeness (QED) is 0.803. The first-order valence-corrected chi connectivity index (χ1v) is 8.45. The van der Waals surface area contributed by atoms with Crippen LogP contribution in [0.1, 0.15) is 59.3 Å². The molecule has 0 aromatic rings. The summed E-state index contributed by atoms with van der Waals surface area (Å²) in [5.74, 6) is 3.66. The van der Waals surface area contributed by atoms with E-state index in [1.807, 2.05) is 11.8 Å². The summed E-state index contributed by atoms with van der Waals surface area (Å²) in [6.45, 7) is 6.86. The minimum atomic E-state index is -0.408. The van der Waals surface area contributed by atoms with Crippen LogP contribution in [0.15, 0.2) is 0 Å². The lowest BCUT2D eigenvalue weighted by Crippen LogP contribution is -2.55. The van der Waals surface area contributed by atoms with E-state index in [2.05, 4.69) is 20.8 Å². The average molecular weight is 256 g/mol. The summed E-state index contributed by atoms with van der Waals surface area (Å²) in [6.07, 6.45) is 7.66. The first-order chi connectivity index (χ1) is 7.99. The predicted molar refractivity (Wildman–Crippen MR) is 76.4 cm³/mol. The number of thioether (sulfide) groups is 1. The second kappa shape index (κ2) is 5.13. The molecule has 1 unspecified atom stereocenters. The van der Waals surface area contributed by atoms with E-state index in [9.17, 15) is 5.11 Å². The Balaban J connectivity index is 2.05. The van der Waals surface area contributed by atoms with Crippen LogP contribution < -0.4 is 0 Å². The summed E-state index contributed by atoms with van der Waals surface area (Å²) in [5.41, 5.74) is -0.295. The fourth-order valence-electron chi connectivity index (χ4n) is 3.69. The van der Waals surface area contributed by atoms with E-state index >= 15 is 0 Å². The molecule has 1 atom stereocenters. The van der Waals surface area contributed by atoms with Gasteiger partial charge in [-0.05, 0) is 42.3 Å². The minimum Gasteiger partial charge on any atom is -0.388 e. The van der Waals surface area contributed by atoms with Crippen molar-refractivity contribution in [2.45, 2.75) is 64.9 Å². The maximum Gasteiger partial charge on any atom is 0.0816 e. The SMILES string of the molecule is CCC1CCC(C2(O)CSCCC2(C)C)CC1. The molecule has 0 radical (unpaired) electrons. The van der Waals surface area contributed by atoms with Gasteiger partial charge < -0.3 is 5.11 Å². The highest BCUT2D eigenvalue weighted by Crippen LogP contribution is 2.50. The molecule has 2 heteroatoms. The molecule has 0 aromatic heterocycles. The van der Waals surface area contributed by atoms with Crippen LogP contribution in [0, 0.1) is 17.3 Å².